The first-order valence-corrected chi connectivity index (χ1v) is 49.8. The standard InChI is InChI=1S/2C21H22N.3C17H14N.2C11H20O2.3C5H8O2.5Ir/c2*1-14(2)9-17-5-6-18-7-8-20(22-21(18)13-17)19-11-15(3)10-16(4)12-19;1-12-4-3-5-15(10-12)16-9-8-14-7-6-13(2)11-17(14)18-16;2*1-12-9-13(2)11-15(10-12)17-8-7-14-5-3-4-6-16(14)18-17;2*1-8(2)5-10(12)7-11(13)6-9(3)4;3*1-4(6)3-5(2)7;;;;;/h2*5-8,10-11,13-14H,9H2,1-4H3;3-4,6-11H,1-2H3;2*3-10H,1-2H3;2*7-9,12H,5-6H2,1-4H3;3*3,6H,1-2H3;;;;;/q5*-1;;;;;;;;;;. The first-order chi connectivity index (χ1) is 68.4. The van der Waals surface area contributed by atoms with Crippen LogP contribution < -0.4 is 0 Å². The molecular formula is C130H150Ir5N5O10-5. The second kappa shape index (κ2) is 69.9. The molecule has 0 atom stereocenters. The van der Waals surface area contributed by atoms with Crippen molar-refractivity contribution in [3.63, 3.8) is 0 Å². The molecule has 0 bridgehead atoms. The van der Waals surface area contributed by atoms with Crippen molar-refractivity contribution in [2.75, 3.05) is 0 Å². The maximum absolute atomic E-state index is 11.2. The first kappa shape index (κ1) is 137. The number of rotatable bonds is 22. The number of carbonyl (C=O) groups is 5. The molecular weight excluding hydrogens is 2750 g/mol. The van der Waals surface area contributed by atoms with Crippen LogP contribution in [0.4, 0.5) is 0 Å². The number of allylic oxidation sites excluding steroid dienone is 10. The molecule has 0 spiro atoms. The van der Waals surface area contributed by atoms with E-state index in [9.17, 15) is 34.2 Å². The number of aryl methyl sites for hydroxylation is 10. The van der Waals surface area contributed by atoms with Crippen molar-refractivity contribution < 1.29 is 150 Å². The maximum atomic E-state index is 11.2. The van der Waals surface area contributed by atoms with Crippen molar-refractivity contribution in [2.45, 2.75) is 232 Å². The Morgan fingerprint density at radius 2 is 0.507 bits per heavy atom. The molecule has 0 aliphatic carbocycles. The van der Waals surface area contributed by atoms with Gasteiger partial charge in [-0.3, -0.25) is 48.9 Å². The fraction of sp³-hybridized carbons (Fsp3) is 0.308. The van der Waals surface area contributed by atoms with Gasteiger partial charge in [0.25, 0.3) is 0 Å². The van der Waals surface area contributed by atoms with Crippen molar-refractivity contribution in [3.8, 4) is 56.3 Å². The Morgan fingerprint density at radius 1 is 0.260 bits per heavy atom. The molecule has 0 saturated carbocycles. The molecule has 5 N–H and O–H groups in total. The van der Waals surface area contributed by atoms with Crippen molar-refractivity contribution in [1.29, 1.82) is 0 Å². The van der Waals surface area contributed by atoms with Gasteiger partial charge < -0.3 is 25.5 Å². The van der Waals surface area contributed by atoms with Crippen molar-refractivity contribution in [1.82, 2.24) is 24.9 Å². The van der Waals surface area contributed by atoms with Gasteiger partial charge in [-0.1, -0.05) is 279 Å². The number of aliphatic hydroxyl groups excluding tert-OH is 5. The predicted molar refractivity (Wildman–Crippen MR) is 605 cm³/mol. The third-order valence-electron chi connectivity index (χ3n) is 21.1. The number of carbonyl (C=O) groups excluding carboxylic acids is 5. The maximum Gasteiger partial charge on any atom is 0.159 e. The molecule has 5 heterocycles. The zero-order chi connectivity index (χ0) is 107. The Hall–Kier alpha value is -11.5. The minimum absolute atomic E-state index is 0. The summed E-state index contributed by atoms with van der Waals surface area (Å²) < 4.78 is 0. The average molecular weight is 2900 g/mol. The molecule has 20 heteroatoms. The van der Waals surface area contributed by atoms with Crippen LogP contribution in [-0.4, -0.2) is 79.4 Å². The molecule has 150 heavy (non-hydrogen) atoms. The number of fused-ring (bicyclic) bond motifs is 5. The Morgan fingerprint density at radius 3 is 0.767 bits per heavy atom. The van der Waals surface area contributed by atoms with Crippen molar-refractivity contribution in [2.24, 2.45) is 35.5 Å². The molecule has 0 aliphatic rings. The molecule has 15 nitrogen and oxygen atoms in total. The van der Waals surface area contributed by atoms with E-state index in [1.54, 1.807) is 0 Å². The summed E-state index contributed by atoms with van der Waals surface area (Å²) in [6.45, 7) is 54.5. The Labute approximate surface area is 960 Å². The number of pyridine rings is 5. The first-order valence-electron chi connectivity index (χ1n) is 49.8. The fourth-order valence-electron chi connectivity index (χ4n) is 15.6. The SMILES string of the molecule is CC(=O)C=C(C)O.CC(=O)C=C(C)O.CC(=O)C=C(C)O.CC(C)CC(=O)C=C(O)CC(C)C.CC(C)CC(=O)C=C(O)CC(C)C.Cc1[c-]c(-c2ccc3ccc(CC(C)C)cc3n2)cc(C)c1.Cc1[c-]c(-c2ccc3ccc(CC(C)C)cc3n2)cc(C)c1.Cc1[c-]c(-c2ccc3ccccc3n2)cc(C)c1.Cc1[c-]c(-c2ccc3ccccc3n2)cc(C)c1.Cc1cc[c-]c(-c2ccc3ccc(C)cc3n2)c1.[Ir].[Ir].[Ir].[Ir].[Ir]. The van der Waals surface area contributed by atoms with E-state index in [2.05, 4.69) is 315 Å². The van der Waals surface area contributed by atoms with E-state index < -0.39 is 0 Å². The summed E-state index contributed by atoms with van der Waals surface area (Å²) in [5, 5.41) is 49.7. The average Bonchev–Trinajstić information content (AvgIpc) is 0.841. The topological polar surface area (TPSA) is 251 Å². The number of benzene rings is 10. The number of ketones is 5. The summed E-state index contributed by atoms with van der Waals surface area (Å²) in [5.74, 6) is 3.09. The van der Waals surface area contributed by atoms with E-state index in [-0.39, 0.29) is 158 Å². The van der Waals surface area contributed by atoms with E-state index in [4.69, 9.17) is 40.2 Å². The molecule has 0 amide bonds. The van der Waals surface area contributed by atoms with Gasteiger partial charge in [-0.05, 0) is 199 Å². The number of aromatic nitrogens is 5. The molecule has 10 aromatic carbocycles. The van der Waals surface area contributed by atoms with Gasteiger partial charge in [0.1, 0.15) is 0 Å². The van der Waals surface area contributed by atoms with Crippen LogP contribution >= 0.6 is 0 Å². The molecule has 0 unspecified atom stereocenters. The van der Waals surface area contributed by atoms with Gasteiger partial charge in [0, 0.05) is 157 Å². The van der Waals surface area contributed by atoms with Gasteiger partial charge >= 0.3 is 0 Å². The minimum Gasteiger partial charge on any atom is -0.512 e. The van der Waals surface area contributed by atoms with Crippen LogP contribution in [0.15, 0.2) is 290 Å². The van der Waals surface area contributed by atoms with E-state index in [1.807, 2.05) is 97.9 Å². The summed E-state index contributed by atoms with van der Waals surface area (Å²) in [4.78, 5) is 76.3. The van der Waals surface area contributed by atoms with Crippen LogP contribution in [-0.2, 0) is 137 Å². The monoisotopic (exact) mass is 2910 g/mol. The van der Waals surface area contributed by atoms with Crippen LogP contribution in [0.1, 0.15) is 217 Å². The van der Waals surface area contributed by atoms with Gasteiger partial charge in [0.15, 0.2) is 28.9 Å². The Balaban J connectivity index is 0.000000848. The second-order valence-corrected chi connectivity index (χ2v) is 39.9. The Bertz CT molecular complexity index is 6580. The largest absolute Gasteiger partial charge is 0.512 e. The quantitative estimate of drug-likeness (QED) is 0.0240. The number of para-hydroxylation sites is 2. The molecule has 805 valence electrons. The van der Waals surface area contributed by atoms with Crippen LogP contribution in [0.25, 0.3) is 111 Å². The zero-order valence-electron chi connectivity index (χ0n) is 92.2. The molecule has 15 aromatic rings. The van der Waals surface area contributed by atoms with Gasteiger partial charge in [-0.15, -0.1) is 175 Å². The normalized spacial score (nSPS) is 11.0. The van der Waals surface area contributed by atoms with Crippen LogP contribution in [0.2, 0.25) is 0 Å². The smallest absolute Gasteiger partial charge is 0.159 e. The minimum atomic E-state index is -0.125. The Kier molecular flexibility index (Phi) is 63.6. The molecule has 5 aromatic heterocycles. The molecule has 15 rings (SSSR count). The van der Waals surface area contributed by atoms with Crippen LogP contribution in [0.3, 0.4) is 0 Å². The molecule has 0 aliphatic heterocycles. The third-order valence-corrected chi connectivity index (χ3v) is 21.1. The van der Waals surface area contributed by atoms with Gasteiger partial charge in [0.2, 0.25) is 0 Å². The summed E-state index contributed by atoms with van der Waals surface area (Å²) in [6, 6.07) is 97.0. The van der Waals surface area contributed by atoms with Crippen molar-refractivity contribution >= 4 is 83.4 Å². The van der Waals surface area contributed by atoms with Crippen LogP contribution in [0.5, 0.6) is 0 Å². The summed E-state index contributed by atoms with van der Waals surface area (Å²) >= 11 is 0. The molecule has 0 fully saturated rings. The van der Waals surface area contributed by atoms with Gasteiger partial charge in [-0.2, -0.15) is 0 Å². The number of nitrogens with zero attached hydrogens (tertiary/aromatic N) is 5. The van der Waals surface area contributed by atoms with E-state index in [1.165, 1.54) is 143 Å². The second-order valence-electron chi connectivity index (χ2n) is 39.9. The van der Waals surface area contributed by atoms with E-state index >= 15 is 0 Å². The van der Waals surface area contributed by atoms with Crippen molar-refractivity contribution in [3.05, 3.63) is 387 Å². The van der Waals surface area contributed by atoms with Crippen LogP contribution in [0, 0.1) is 135 Å². The summed E-state index contributed by atoms with van der Waals surface area (Å²) in [7, 11) is 0. The van der Waals surface area contributed by atoms with Gasteiger partial charge in [0.05, 0.1) is 56.4 Å². The number of aliphatic hydroxyl groups is 5. The van der Waals surface area contributed by atoms with E-state index in [0.29, 0.717) is 61.2 Å². The number of hydrogen-bond donors (Lipinski definition) is 5. The third kappa shape index (κ3) is 53.5. The van der Waals surface area contributed by atoms with Gasteiger partial charge in [-0.25, -0.2) is 0 Å². The summed E-state index contributed by atoms with van der Waals surface area (Å²) in [5.41, 5.74) is 30.4. The molecule has 5 radical (unpaired) electrons. The fourth-order valence-corrected chi connectivity index (χ4v) is 15.6. The predicted octanol–water partition coefficient (Wildman–Crippen LogP) is 33.3. The zero-order valence-corrected chi connectivity index (χ0v) is 104. The summed E-state index contributed by atoms with van der Waals surface area (Å²) in [6.07, 6.45) is 10.6. The van der Waals surface area contributed by atoms with E-state index in [0.717, 1.165) is 119 Å². The number of hydrogen-bond acceptors (Lipinski definition) is 15. The molecule has 0 saturated heterocycles.